The zero-order valence-corrected chi connectivity index (χ0v) is 13.2. The highest BCUT2D eigenvalue weighted by Crippen LogP contribution is 2.29. The molecule has 116 valence electrons. The van der Waals surface area contributed by atoms with E-state index in [1.54, 1.807) is 4.68 Å². The standard InChI is InChI=1S/C17H21N3O2/c1-17(2,3)12-8-6-11(7-9-12)14-18-15-13(16(21)22)5-4-10-20(15)19-14/h6-9,13H,4-5,10H2,1-3H3,(H,21,22). The van der Waals surface area contributed by atoms with Crippen LogP contribution in [-0.2, 0) is 16.8 Å². The quantitative estimate of drug-likeness (QED) is 0.924. The maximum absolute atomic E-state index is 11.3. The SMILES string of the molecule is CC(C)(C)c1ccc(-c2nc3n(n2)CCCC3C(=O)O)cc1. The lowest BCUT2D eigenvalue weighted by molar-refractivity contribution is -0.139. The number of hydrogen-bond donors (Lipinski definition) is 1. The molecule has 1 atom stereocenters. The minimum absolute atomic E-state index is 0.105. The summed E-state index contributed by atoms with van der Waals surface area (Å²) in [6.45, 7) is 7.26. The number of carbonyl (C=O) groups is 1. The van der Waals surface area contributed by atoms with Crippen LogP contribution in [0.5, 0.6) is 0 Å². The number of carboxylic acids is 1. The zero-order chi connectivity index (χ0) is 15.9. The van der Waals surface area contributed by atoms with Crippen LogP contribution >= 0.6 is 0 Å². The van der Waals surface area contributed by atoms with Gasteiger partial charge in [-0.15, -0.1) is 0 Å². The Labute approximate surface area is 130 Å². The summed E-state index contributed by atoms with van der Waals surface area (Å²) < 4.78 is 1.75. The maximum Gasteiger partial charge on any atom is 0.314 e. The first-order valence-electron chi connectivity index (χ1n) is 7.65. The van der Waals surface area contributed by atoms with Crippen molar-refractivity contribution >= 4 is 5.97 Å². The number of aliphatic carboxylic acids is 1. The highest BCUT2D eigenvalue weighted by molar-refractivity contribution is 5.75. The molecule has 22 heavy (non-hydrogen) atoms. The molecule has 1 unspecified atom stereocenters. The van der Waals surface area contributed by atoms with Gasteiger partial charge < -0.3 is 5.11 Å². The van der Waals surface area contributed by atoms with Gasteiger partial charge in [-0.2, -0.15) is 5.10 Å². The van der Waals surface area contributed by atoms with Crippen molar-refractivity contribution in [3.63, 3.8) is 0 Å². The number of carboxylic acid groups (broad SMARTS) is 1. The topological polar surface area (TPSA) is 68.0 Å². The van der Waals surface area contributed by atoms with E-state index in [1.165, 1.54) is 5.56 Å². The molecule has 0 bridgehead atoms. The Morgan fingerprint density at radius 2 is 1.95 bits per heavy atom. The van der Waals surface area contributed by atoms with E-state index in [0.29, 0.717) is 18.1 Å². The summed E-state index contributed by atoms with van der Waals surface area (Å²) in [6, 6.07) is 8.20. The van der Waals surface area contributed by atoms with E-state index in [1.807, 2.05) is 12.1 Å². The van der Waals surface area contributed by atoms with Gasteiger partial charge >= 0.3 is 5.97 Å². The van der Waals surface area contributed by atoms with Crippen LogP contribution in [0.15, 0.2) is 24.3 Å². The molecule has 1 aromatic carbocycles. The molecule has 1 N–H and O–H groups in total. The van der Waals surface area contributed by atoms with E-state index in [2.05, 4.69) is 43.0 Å². The minimum Gasteiger partial charge on any atom is -0.481 e. The van der Waals surface area contributed by atoms with E-state index in [9.17, 15) is 9.90 Å². The molecular weight excluding hydrogens is 278 g/mol. The average Bonchev–Trinajstić information content (AvgIpc) is 2.90. The number of fused-ring (bicyclic) bond motifs is 1. The van der Waals surface area contributed by atoms with Gasteiger partial charge in [-0.25, -0.2) is 9.67 Å². The fraction of sp³-hybridized carbons (Fsp3) is 0.471. The summed E-state index contributed by atoms with van der Waals surface area (Å²) in [5.74, 6) is -0.163. The summed E-state index contributed by atoms with van der Waals surface area (Å²) in [5.41, 5.74) is 2.29. The fourth-order valence-electron chi connectivity index (χ4n) is 2.83. The third-order valence-corrected chi connectivity index (χ3v) is 4.18. The Balaban J connectivity index is 1.95. The molecule has 2 heterocycles. The normalized spacial score (nSPS) is 18.0. The van der Waals surface area contributed by atoms with Crippen molar-refractivity contribution in [2.45, 2.75) is 51.5 Å². The van der Waals surface area contributed by atoms with Gasteiger partial charge in [0.2, 0.25) is 0 Å². The van der Waals surface area contributed by atoms with Crippen molar-refractivity contribution < 1.29 is 9.90 Å². The van der Waals surface area contributed by atoms with Gasteiger partial charge in [0.15, 0.2) is 5.82 Å². The molecule has 0 spiro atoms. The smallest absolute Gasteiger partial charge is 0.314 e. The molecule has 0 saturated heterocycles. The molecular formula is C17H21N3O2. The van der Waals surface area contributed by atoms with Crippen molar-refractivity contribution in [2.24, 2.45) is 0 Å². The van der Waals surface area contributed by atoms with Crippen LogP contribution < -0.4 is 0 Å². The number of aryl methyl sites for hydroxylation is 1. The van der Waals surface area contributed by atoms with Gasteiger partial charge in [-0.3, -0.25) is 4.79 Å². The predicted octanol–water partition coefficient (Wildman–Crippen LogP) is 3.20. The summed E-state index contributed by atoms with van der Waals surface area (Å²) in [4.78, 5) is 15.8. The molecule has 5 heteroatoms. The number of hydrogen-bond acceptors (Lipinski definition) is 3. The molecule has 0 amide bonds. The molecule has 5 nitrogen and oxygen atoms in total. The average molecular weight is 299 g/mol. The van der Waals surface area contributed by atoms with Crippen LogP contribution in [-0.4, -0.2) is 25.8 Å². The molecule has 2 aromatic rings. The van der Waals surface area contributed by atoms with Crippen molar-refractivity contribution in [3.05, 3.63) is 35.7 Å². The second kappa shape index (κ2) is 5.23. The van der Waals surface area contributed by atoms with E-state index in [4.69, 9.17) is 0 Å². The third kappa shape index (κ3) is 2.63. The minimum atomic E-state index is -0.817. The lowest BCUT2D eigenvalue weighted by Gasteiger charge is -2.18. The Bertz CT molecular complexity index is 696. The number of benzene rings is 1. The molecule has 3 rings (SSSR count). The Hall–Kier alpha value is -2.17. The molecule has 1 aromatic heterocycles. The number of aromatic nitrogens is 3. The summed E-state index contributed by atoms with van der Waals surface area (Å²) >= 11 is 0. The zero-order valence-electron chi connectivity index (χ0n) is 13.2. The first-order chi connectivity index (χ1) is 10.4. The van der Waals surface area contributed by atoms with Gasteiger partial charge in [0.25, 0.3) is 0 Å². The van der Waals surface area contributed by atoms with Crippen molar-refractivity contribution in [1.82, 2.24) is 14.8 Å². The van der Waals surface area contributed by atoms with Gasteiger partial charge in [-0.05, 0) is 23.8 Å². The second-order valence-corrected chi connectivity index (χ2v) is 6.88. The van der Waals surface area contributed by atoms with E-state index in [-0.39, 0.29) is 5.41 Å². The van der Waals surface area contributed by atoms with Gasteiger partial charge in [-0.1, -0.05) is 45.0 Å². The number of rotatable bonds is 2. The van der Waals surface area contributed by atoms with Crippen LogP contribution in [0.3, 0.4) is 0 Å². The summed E-state index contributed by atoms with van der Waals surface area (Å²) in [6.07, 6.45) is 1.46. The Kier molecular flexibility index (Phi) is 3.51. The highest BCUT2D eigenvalue weighted by Gasteiger charge is 2.30. The van der Waals surface area contributed by atoms with Crippen molar-refractivity contribution in [2.75, 3.05) is 0 Å². The maximum atomic E-state index is 11.3. The van der Waals surface area contributed by atoms with E-state index in [0.717, 1.165) is 18.5 Å². The first kappa shape index (κ1) is 14.8. The van der Waals surface area contributed by atoms with Crippen molar-refractivity contribution in [1.29, 1.82) is 0 Å². The molecule has 0 radical (unpaired) electrons. The Morgan fingerprint density at radius 1 is 1.27 bits per heavy atom. The molecule has 0 saturated carbocycles. The highest BCUT2D eigenvalue weighted by atomic mass is 16.4. The molecule has 0 fully saturated rings. The van der Waals surface area contributed by atoms with Crippen LogP contribution in [0.1, 0.15) is 50.9 Å². The molecule has 0 aliphatic carbocycles. The monoisotopic (exact) mass is 299 g/mol. The van der Waals surface area contributed by atoms with E-state index >= 15 is 0 Å². The van der Waals surface area contributed by atoms with Gasteiger partial charge in [0, 0.05) is 12.1 Å². The largest absolute Gasteiger partial charge is 0.481 e. The van der Waals surface area contributed by atoms with Gasteiger partial charge in [0.1, 0.15) is 11.7 Å². The molecule has 1 aliphatic rings. The van der Waals surface area contributed by atoms with Crippen LogP contribution in [0, 0.1) is 0 Å². The summed E-state index contributed by atoms with van der Waals surface area (Å²) in [5, 5.41) is 13.8. The van der Waals surface area contributed by atoms with Crippen LogP contribution in [0.25, 0.3) is 11.4 Å². The lowest BCUT2D eigenvalue weighted by atomic mass is 9.87. The lowest BCUT2D eigenvalue weighted by Crippen LogP contribution is -2.22. The number of nitrogens with zero attached hydrogens (tertiary/aromatic N) is 3. The predicted molar refractivity (Wildman–Crippen MR) is 83.8 cm³/mol. The Morgan fingerprint density at radius 3 is 2.55 bits per heavy atom. The second-order valence-electron chi connectivity index (χ2n) is 6.88. The van der Waals surface area contributed by atoms with Crippen molar-refractivity contribution in [3.8, 4) is 11.4 Å². The molecule has 1 aliphatic heterocycles. The first-order valence-corrected chi connectivity index (χ1v) is 7.65. The van der Waals surface area contributed by atoms with E-state index < -0.39 is 11.9 Å². The summed E-state index contributed by atoms with van der Waals surface area (Å²) in [7, 11) is 0. The van der Waals surface area contributed by atoms with Crippen LogP contribution in [0.2, 0.25) is 0 Å². The van der Waals surface area contributed by atoms with Crippen LogP contribution in [0.4, 0.5) is 0 Å². The van der Waals surface area contributed by atoms with Gasteiger partial charge in [0.05, 0.1) is 0 Å². The third-order valence-electron chi connectivity index (χ3n) is 4.18. The fourth-order valence-corrected chi connectivity index (χ4v) is 2.83.